The molecule has 0 aromatic carbocycles. The first-order chi connectivity index (χ1) is 2.56. The third-order valence-corrected chi connectivity index (χ3v) is 2.91. The molecule has 0 radical (unpaired) electrons. The fourth-order valence-corrected chi connectivity index (χ4v) is 0. The van der Waals surface area contributed by atoms with E-state index >= 15 is 0 Å². The van der Waals surface area contributed by atoms with Crippen molar-refractivity contribution in [1.29, 1.82) is 0 Å². The van der Waals surface area contributed by atoms with Crippen LogP contribution in [0.1, 0.15) is 0 Å². The first kappa shape index (κ1) is 7.19. The first-order valence-corrected chi connectivity index (χ1v) is 4.48. The van der Waals surface area contributed by atoms with E-state index in [2.05, 4.69) is 15.4 Å². The Morgan fingerprint density at radius 1 is 2.00 bits per heavy atom. The Bertz CT molecular complexity index is 74.9. The summed E-state index contributed by atoms with van der Waals surface area (Å²) in [6, 6.07) is 0. The van der Waals surface area contributed by atoms with Gasteiger partial charge >= 0.3 is 51.9 Å². The minimum atomic E-state index is -3.45. The van der Waals surface area contributed by atoms with Gasteiger partial charge in [0, 0.05) is 0 Å². The molecule has 1 atom stereocenters. The molecular formula is H2MoO3PS. The van der Waals surface area contributed by atoms with Crippen molar-refractivity contribution in [1.82, 2.24) is 0 Å². The molecule has 0 saturated heterocycles. The molecule has 0 saturated carbocycles. The van der Waals surface area contributed by atoms with Gasteiger partial charge in [-0.05, 0) is 0 Å². The summed E-state index contributed by atoms with van der Waals surface area (Å²) in [4.78, 5) is 8.03. The van der Waals surface area contributed by atoms with Crippen LogP contribution < -0.4 is 0 Å². The van der Waals surface area contributed by atoms with Gasteiger partial charge in [0.25, 0.3) is 0 Å². The van der Waals surface area contributed by atoms with E-state index in [9.17, 15) is 4.57 Å². The summed E-state index contributed by atoms with van der Waals surface area (Å²) in [6.07, 6.45) is 0. The molecule has 1 unspecified atom stereocenters. The van der Waals surface area contributed by atoms with E-state index in [-0.39, 0.29) is 0 Å². The molecule has 0 spiro atoms. The van der Waals surface area contributed by atoms with Gasteiger partial charge in [-0.3, -0.25) is 0 Å². The Kier molecular flexibility index (Phi) is 2.98. The molecule has 6 heteroatoms. The molecule has 1 N–H and O–H groups in total. The standard InChI is InChI=1S/Mo.H3O3PS/c;1-4(2,3)5/h;(H3,1,2,3,5)/q+1;/p-1. The van der Waals surface area contributed by atoms with Crippen LogP contribution >= 0.6 is 19.0 Å². The van der Waals surface area contributed by atoms with Crippen molar-refractivity contribution < 1.29 is 32.8 Å². The van der Waals surface area contributed by atoms with Crippen molar-refractivity contribution in [2.45, 2.75) is 0 Å². The number of thiol groups is 1. The quantitative estimate of drug-likeness (QED) is 0.375. The summed E-state index contributed by atoms with van der Waals surface area (Å²) in [5.41, 5.74) is 0. The van der Waals surface area contributed by atoms with Gasteiger partial charge in [-0.2, -0.15) is 0 Å². The van der Waals surface area contributed by atoms with Gasteiger partial charge in [-0.15, -0.1) is 0 Å². The second-order valence-corrected chi connectivity index (χ2v) is 4.31. The van der Waals surface area contributed by atoms with Crippen molar-refractivity contribution >= 4 is 19.0 Å². The fraction of sp³-hybridized carbons (Fsp3) is 0. The molecule has 0 aromatic rings. The zero-order valence-corrected chi connectivity index (χ0v) is 6.36. The Hall–Kier alpha value is 1.19. The fourth-order valence-electron chi connectivity index (χ4n) is 0. The van der Waals surface area contributed by atoms with Crippen LogP contribution in [0.2, 0.25) is 0 Å². The first-order valence-electron chi connectivity index (χ1n) is 0.932. The zero-order valence-electron chi connectivity index (χ0n) is 2.57. The molecule has 0 fully saturated rings. The number of hydrogen-bond donors (Lipinski definition) is 2. The van der Waals surface area contributed by atoms with E-state index in [1.54, 1.807) is 0 Å². The van der Waals surface area contributed by atoms with Crippen molar-refractivity contribution in [2.24, 2.45) is 0 Å². The van der Waals surface area contributed by atoms with Crippen molar-refractivity contribution in [2.75, 3.05) is 0 Å². The Morgan fingerprint density at radius 2 is 2.17 bits per heavy atom. The van der Waals surface area contributed by atoms with Gasteiger partial charge in [0.2, 0.25) is 0 Å². The third-order valence-electron chi connectivity index (χ3n) is 0.0971. The van der Waals surface area contributed by atoms with Gasteiger partial charge in [0.15, 0.2) is 0 Å². The molecule has 0 amide bonds. The topological polar surface area (TPSA) is 46.5 Å². The molecule has 0 bridgehead atoms. The molecule has 0 aromatic heterocycles. The number of rotatable bonds is 1. The Morgan fingerprint density at radius 3 is 2.17 bits per heavy atom. The second-order valence-electron chi connectivity index (χ2n) is 0.565. The van der Waals surface area contributed by atoms with E-state index in [0.717, 1.165) is 20.2 Å². The predicted molar refractivity (Wildman–Crippen MR) is 19.9 cm³/mol. The second kappa shape index (κ2) is 2.48. The van der Waals surface area contributed by atoms with Crippen LogP contribution in [0.15, 0.2) is 0 Å². The van der Waals surface area contributed by atoms with E-state index in [1.165, 1.54) is 0 Å². The Labute approximate surface area is 52.1 Å². The minimum absolute atomic E-state index is 1.06. The monoisotopic (exact) mass is 211 g/mol. The molecule has 0 rings (SSSR count). The number of hydrogen-bond acceptors (Lipinski definition) is 2. The molecule has 0 aliphatic carbocycles. The van der Waals surface area contributed by atoms with Crippen molar-refractivity contribution in [3.63, 3.8) is 0 Å². The van der Waals surface area contributed by atoms with E-state index < -0.39 is 6.80 Å². The van der Waals surface area contributed by atoms with Gasteiger partial charge in [0.05, 0.1) is 0 Å². The predicted octanol–water partition coefficient (Wildman–Crippen LogP) is 0.495. The average Bonchev–Trinajstić information content (AvgIpc) is 1.35. The van der Waals surface area contributed by atoms with Crippen LogP contribution in [0.25, 0.3) is 0 Å². The van der Waals surface area contributed by atoms with Crippen molar-refractivity contribution in [3.8, 4) is 0 Å². The molecule has 0 heterocycles. The maximum atomic E-state index is 9.78. The van der Waals surface area contributed by atoms with Crippen LogP contribution in [0.3, 0.4) is 0 Å². The molecule has 37 valence electrons. The van der Waals surface area contributed by atoms with Crippen LogP contribution in [0.4, 0.5) is 0 Å². The maximum absolute atomic E-state index is 9.78. The third kappa shape index (κ3) is 5.19. The van der Waals surface area contributed by atoms with Crippen LogP contribution in [0.5, 0.6) is 0 Å². The molecule has 0 aliphatic heterocycles. The van der Waals surface area contributed by atoms with Gasteiger partial charge in [-0.1, -0.05) is 0 Å². The van der Waals surface area contributed by atoms with Crippen LogP contribution in [0, 0.1) is 0 Å². The summed E-state index contributed by atoms with van der Waals surface area (Å²) in [5, 5.41) is 0. The van der Waals surface area contributed by atoms with E-state index in [4.69, 9.17) is 4.89 Å². The van der Waals surface area contributed by atoms with E-state index in [1.807, 2.05) is 0 Å². The van der Waals surface area contributed by atoms with Gasteiger partial charge < -0.3 is 0 Å². The molecule has 6 heavy (non-hydrogen) atoms. The zero-order chi connectivity index (χ0) is 5.21. The molecule has 3 nitrogen and oxygen atoms in total. The summed E-state index contributed by atoms with van der Waals surface area (Å²) in [6.45, 7) is -3.45. The Balaban J connectivity index is 3.48. The van der Waals surface area contributed by atoms with Crippen molar-refractivity contribution in [3.05, 3.63) is 0 Å². The average molecular weight is 209 g/mol. The van der Waals surface area contributed by atoms with E-state index in [0.29, 0.717) is 0 Å². The summed E-state index contributed by atoms with van der Waals surface area (Å²) >= 11 is 4.20. The van der Waals surface area contributed by atoms with Gasteiger partial charge in [0.1, 0.15) is 0 Å². The molecular weight excluding hydrogens is 207 g/mol. The van der Waals surface area contributed by atoms with Crippen LogP contribution in [-0.2, 0) is 27.9 Å². The summed E-state index contributed by atoms with van der Waals surface area (Å²) < 4.78 is 13.7. The van der Waals surface area contributed by atoms with Gasteiger partial charge in [-0.25, -0.2) is 0 Å². The normalized spacial score (nSPS) is 19.7. The SMILES string of the molecule is O=P(O)(S)[O][Mo]. The summed E-state index contributed by atoms with van der Waals surface area (Å²) in [7, 11) is 0. The molecule has 0 aliphatic rings. The van der Waals surface area contributed by atoms with Crippen LogP contribution in [-0.4, -0.2) is 4.89 Å². The summed E-state index contributed by atoms with van der Waals surface area (Å²) in [5.74, 6) is 0.